The van der Waals surface area contributed by atoms with Crippen LogP contribution >= 0.6 is 15.9 Å². The van der Waals surface area contributed by atoms with Gasteiger partial charge in [0.2, 0.25) is 0 Å². The zero-order valence-electron chi connectivity index (χ0n) is 10.7. The molecule has 0 saturated carbocycles. The van der Waals surface area contributed by atoms with Crippen LogP contribution in [0, 0.1) is 5.92 Å². The highest BCUT2D eigenvalue weighted by Crippen LogP contribution is 2.18. The van der Waals surface area contributed by atoms with Crippen LogP contribution in [-0.4, -0.2) is 42.4 Å². The summed E-state index contributed by atoms with van der Waals surface area (Å²) in [5.74, 6) is 1.26. The third-order valence-corrected chi connectivity index (χ3v) is 3.91. The number of rotatable bonds is 4. The minimum absolute atomic E-state index is 0.132. The normalized spacial score (nSPS) is 25.1. The molecule has 3 nitrogen and oxygen atoms in total. The van der Waals surface area contributed by atoms with Gasteiger partial charge in [0.1, 0.15) is 12.4 Å². The summed E-state index contributed by atoms with van der Waals surface area (Å²) in [5.41, 5.74) is 0. The highest BCUT2D eigenvalue weighted by atomic mass is 79.9. The lowest BCUT2D eigenvalue weighted by Crippen LogP contribution is -2.43. The first-order valence-corrected chi connectivity index (χ1v) is 7.23. The zero-order valence-corrected chi connectivity index (χ0v) is 12.3. The number of likely N-dealkylation sites (tertiary alicyclic amines) is 1. The number of hydrogen-bond acceptors (Lipinski definition) is 3. The minimum atomic E-state index is -0.132. The van der Waals surface area contributed by atoms with Crippen LogP contribution in [0.1, 0.15) is 13.3 Å². The molecule has 0 amide bonds. The van der Waals surface area contributed by atoms with Crippen LogP contribution in [0.5, 0.6) is 5.75 Å². The maximum absolute atomic E-state index is 9.67. The number of aliphatic hydroxyl groups excluding tert-OH is 1. The number of piperidine rings is 1. The van der Waals surface area contributed by atoms with E-state index in [2.05, 4.69) is 27.8 Å². The average molecular weight is 314 g/mol. The molecule has 0 aromatic heterocycles. The van der Waals surface area contributed by atoms with E-state index in [0.717, 1.165) is 36.3 Å². The SMILES string of the molecule is CC1CN(CCOc2cccc(Br)c2)CCC1O. The van der Waals surface area contributed by atoms with E-state index in [0.29, 0.717) is 12.5 Å². The van der Waals surface area contributed by atoms with E-state index in [-0.39, 0.29) is 6.10 Å². The molecule has 1 fully saturated rings. The molecular formula is C14H20BrNO2. The summed E-state index contributed by atoms with van der Waals surface area (Å²) in [5, 5.41) is 9.67. The van der Waals surface area contributed by atoms with E-state index in [9.17, 15) is 5.11 Å². The fraction of sp³-hybridized carbons (Fsp3) is 0.571. The summed E-state index contributed by atoms with van der Waals surface area (Å²) in [6, 6.07) is 7.90. The van der Waals surface area contributed by atoms with Gasteiger partial charge < -0.3 is 9.84 Å². The van der Waals surface area contributed by atoms with Crippen LogP contribution in [0.2, 0.25) is 0 Å². The third kappa shape index (κ3) is 3.97. The summed E-state index contributed by atoms with van der Waals surface area (Å²) >= 11 is 3.43. The topological polar surface area (TPSA) is 32.7 Å². The summed E-state index contributed by atoms with van der Waals surface area (Å²) in [4.78, 5) is 2.36. The minimum Gasteiger partial charge on any atom is -0.492 e. The molecule has 1 aromatic rings. The summed E-state index contributed by atoms with van der Waals surface area (Å²) < 4.78 is 6.75. The molecule has 100 valence electrons. The monoisotopic (exact) mass is 313 g/mol. The third-order valence-electron chi connectivity index (χ3n) is 3.42. The Hall–Kier alpha value is -0.580. The van der Waals surface area contributed by atoms with E-state index in [1.165, 1.54) is 0 Å². The van der Waals surface area contributed by atoms with E-state index >= 15 is 0 Å². The second-order valence-electron chi connectivity index (χ2n) is 4.94. The Morgan fingerprint density at radius 1 is 1.50 bits per heavy atom. The number of hydrogen-bond donors (Lipinski definition) is 1. The van der Waals surface area contributed by atoms with E-state index in [1.54, 1.807) is 0 Å². The molecule has 2 rings (SSSR count). The van der Waals surface area contributed by atoms with Crippen molar-refractivity contribution in [2.24, 2.45) is 5.92 Å². The number of halogens is 1. The Bertz CT molecular complexity index is 386. The van der Waals surface area contributed by atoms with Gasteiger partial charge in [-0.15, -0.1) is 0 Å². The standard InChI is InChI=1S/C14H20BrNO2/c1-11-10-16(6-5-14(11)17)7-8-18-13-4-2-3-12(15)9-13/h2-4,9,11,14,17H,5-8,10H2,1H3. The Kier molecular flexibility index (Phi) is 5.03. The summed E-state index contributed by atoms with van der Waals surface area (Å²) in [6.07, 6.45) is 0.741. The maximum atomic E-state index is 9.67. The molecule has 2 unspecified atom stereocenters. The molecule has 1 N–H and O–H groups in total. The van der Waals surface area contributed by atoms with Gasteiger partial charge in [-0.3, -0.25) is 4.90 Å². The first-order chi connectivity index (χ1) is 8.65. The Labute approximate surface area is 117 Å². The summed E-state index contributed by atoms with van der Waals surface area (Å²) in [7, 11) is 0. The van der Waals surface area contributed by atoms with Crippen molar-refractivity contribution in [1.29, 1.82) is 0 Å². The lowest BCUT2D eigenvalue weighted by atomic mass is 9.97. The van der Waals surface area contributed by atoms with Crippen LogP contribution in [-0.2, 0) is 0 Å². The van der Waals surface area contributed by atoms with Crippen molar-refractivity contribution in [3.05, 3.63) is 28.7 Å². The van der Waals surface area contributed by atoms with E-state index < -0.39 is 0 Å². The maximum Gasteiger partial charge on any atom is 0.120 e. The second-order valence-corrected chi connectivity index (χ2v) is 5.86. The Balaban J connectivity index is 1.72. The fourth-order valence-electron chi connectivity index (χ4n) is 2.27. The Morgan fingerprint density at radius 3 is 3.06 bits per heavy atom. The lowest BCUT2D eigenvalue weighted by Gasteiger charge is -2.34. The Morgan fingerprint density at radius 2 is 2.33 bits per heavy atom. The number of ether oxygens (including phenoxy) is 1. The fourth-order valence-corrected chi connectivity index (χ4v) is 2.65. The van der Waals surface area contributed by atoms with Crippen LogP contribution in [0.25, 0.3) is 0 Å². The summed E-state index contributed by atoms with van der Waals surface area (Å²) in [6.45, 7) is 5.64. The van der Waals surface area contributed by atoms with E-state index in [1.807, 2.05) is 24.3 Å². The predicted octanol–water partition coefficient (Wildman–Crippen LogP) is 2.53. The van der Waals surface area contributed by atoms with Gasteiger partial charge in [-0.25, -0.2) is 0 Å². The number of aliphatic hydroxyl groups is 1. The molecule has 18 heavy (non-hydrogen) atoms. The van der Waals surface area contributed by atoms with Gasteiger partial charge in [0.05, 0.1) is 6.10 Å². The van der Waals surface area contributed by atoms with E-state index in [4.69, 9.17) is 4.74 Å². The molecule has 1 aliphatic rings. The van der Waals surface area contributed by atoms with Crippen LogP contribution in [0.4, 0.5) is 0 Å². The molecule has 1 heterocycles. The molecule has 1 saturated heterocycles. The average Bonchev–Trinajstić information content (AvgIpc) is 2.34. The first-order valence-electron chi connectivity index (χ1n) is 6.44. The molecule has 4 heteroatoms. The van der Waals surface area contributed by atoms with Crippen LogP contribution in [0.15, 0.2) is 28.7 Å². The van der Waals surface area contributed by atoms with Crippen molar-refractivity contribution in [3.8, 4) is 5.75 Å². The smallest absolute Gasteiger partial charge is 0.120 e. The molecule has 1 aliphatic heterocycles. The zero-order chi connectivity index (χ0) is 13.0. The van der Waals surface area contributed by atoms with Crippen LogP contribution in [0.3, 0.4) is 0 Å². The second kappa shape index (κ2) is 6.55. The quantitative estimate of drug-likeness (QED) is 0.927. The van der Waals surface area contributed by atoms with Crippen molar-refractivity contribution in [1.82, 2.24) is 4.90 Å². The number of benzene rings is 1. The molecule has 1 aromatic carbocycles. The van der Waals surface area contributed by atoms with Gasteiger partial charge in [-0.05, 0) is 30.5 Å². The van der Waals surface area contributed by atoms with Gasteiger partial charge in [-0.1, -0.05) is 28.9 Å². The van der Waals surface area contributed by atoms with Gasteiger partial charge in [0, 0.05) is 24.1 Å². The van der Waals surface area contributed by atoms with Crippen molar-refractivity contribution in [2.75, 3.05) is 26.2 Å². The molecule has 0 spiro atoms. The van der Waals surface area contributed by atoms with Gasteiger partial charge in [0.25, 0.3) is 0 Å². The van der Waals surface area contributed by atoms with Crippen molar-refractivity contribution < 1.29 is 9.84 Å². The molecular weight excluding hydrogens is 294 g/mol. The van der Waals surface area contributed by atoms with Crippen molar-refractivity contribution in [2.45, 2.75) is 19.4 Å². The van der Waals surface area contributed by atoms with Crippen LogP contribution < -0.4 is 4.74 Å². The van der Waals surface area contributed by atoms with Gasteiger partial charge >= 0.3 is 0 Å². The molecule has 2 atom stereocenters. The largest absolute Gasteiger partial charge is 0.492 e. The highest BCUT2D eigenvalue weighted by Gasteiger charge is 2.23. The van der Waals surface area contributed by atoms with Crippen molar-refractivity contribution >= 4 is 15.9 Å². The molecule has 0 radical (unpaired) electrons. The highest BCUT2D eigenvalue weighted by molar-refractivity contribution is 9.10. The molecule has 0 aliphatic carbocycles. The first kappa shape index (κ1) is 13.8. The molecule has 0 bridgehead atoms. The number of nitrogens with zero attached hydrogens (tertiary/aromatic N) is 1. The van der Waals surface area contributed by atoms with Gasteiger partial charge in [0.15, 0.2) is 0 Å². The van der Waals surface area contributed by atoms with Gasteiger partial charge in [-0.2, -0.15) is 0 Å². The predicted molar refractivity (Wildman–Crippen MR) is 75.9 cm³/mol. The lowest BCUT2D eigenvalue weighted by molar-refractivity contribution is 0.0304. The van der Waals surface area contributed by atoms with Crippen molar-refractivity contribution in [3.63, 3.8) is 0 Å².